The minimum Gasteiger partial charge on any atom is -0.342 e. The molecule has 4 aromatic rings. The Hall–Kier alpha value is -3.02. The summed E-state index contributed by atoms with van der Waals surface area (Å²) in [5, 5.41) is 7.92. The largest absolute Gasteiger partial charge is 0.342 e. The van der Waals surface area contributed by atoms with E-state index in [1.54, 1.807) is 6.20 Å². The highest BCUT2D eigenvalue weighted by Gasteiger charge is 2.15. The van der Waals surface area contributed by atoms with Gasteiger partial charge in [0, 0.05) is 16.5 Å². The monoisotopic (exact) mass is 310 g/mol. The Balaban J connectivity index is 1.90. The standard InChI is InChI=1S/C17H12F2N4/c1-9-21-16(10-4-5-13(18)14(19)6-10)17(22-9)11-2-3-12-8-20-23-15(12)7-11/h2-8H,1H3,(H,20,23)(H,21,22). The van der Waals surface area contributed by atoms with Crippen molar-refractivity contribution in [3.05, 3.63) is 60.1 Å². The van der Waals surface area contributed by atoms with Crippen LogP contribution in [-0.4, -0.2) is 20.2 Å². The lowest BCUT2D eigenvalue weighted by atomic mass is 10.0. The van der Waals surface area contributed by atoms with Gasteiger partial charge in [0.2, 0.25) is 0 Å². The number of benzene rings is 2. The third-order valence-electron chi connectivity index (χ3n) is 3.75. The van der Waals surface area contributed by atoms with Crippen LogP contribution in [0.2, 0.25) is 0 Å². The SMILES string of the molecule is Cc1nc(-c2ccc(F)c(F)c2)c(-c2ccc3cn[nH]c3c2)[nH]1. The van der Waals surface area contributed by atoms with Crippen LogP contribution < -0.4 is 0 Å². The summed E-state index contributed by atoms with van der Waals surface area (Å²) in [4.78, 5) is 7.61. The van der Waals surface area contributed by atoms with Crippen LogP contribution in [0.25, 0.3) is 33.4 Å². The zero-order valence-corrected chi connectivity index (χ0v) is 12.2. The molecule has 0 bridgehead atoms. The van der Waals surface area contributed by atoms with Crippen molar-refractivity contribution in [2.75, 3.05) is 0 Å². The predicted molar refractivity (Wildman–Crippen MR) is 83.8 cm³/mol. The van der Waals surface area contributed by atoms with Crippen LogP contribution in [0.1, 0.15) is 5.82 Å². The molecule has 6 heteroatoms. The average Bonchev–Trinajstić information content (AvgIpc) is 3.15. The number of H-pyrrole nitrogens is 2. The van der Waals surface area contributed by atoms with Gasteiger partial charge < -0.3 is 4.98 Å². The fourth-order valence-corrected chi connectivity index (χ4v) is 2.65. The summed E-state index contributed by atoms with van der Waals surface area (Å²) in [5.74, 6) is -1.07. The Kier molecular flexibility index (Phi) is 2.97. The predicted octanol–water partition coefficient (Wildman–Crippen LogP) is 4.21. The van der Waals surface area contributed by atoms with Crippen LogP contribution in [0.15, 0.2) is 42.6 Å². The summed E-state index contributed by atoms with van der Waals surface area (Å²) in [6.07, 6.45) is 1.74. The molecule has 2 aromatic heterocycles. The van der Waals surface area contributed by atoms with E-state index in [-0.39, 0.29) is 0 Å². The van der Waals surface area contributed by atoms with Crippen LogP contribution in [0.3, 0.4) is 0 Å². The van der Waals surface area contributed by atoms with Crippen molar-refractivity contribution < 1.29 is 8.78 Å². The van der Waals surface area contributed by atoms with E-state index in [1.807, 2.05) is 25.1 Å². The van der Waals surface area contributed by atoms with Crippen molar-refractivity contribution in [2.45, 2.75) is 6.92 Å². The van der Waals surface area contributed by atoms with Gasteiger partial charge in [0.05, 0.1) is 23.1 Å². The summed E-state index contributed by atoms with van der Waals surface area (Å²) < 4.78 is 26.7. The zero-order valence-electron chi connectivity index (χ0n) is 12.2. The second kappa shape index (κ2) is 5.01. The summed E-state index contributed by atoms with van der Waals surface area (Å²) in [7, 11) is 0. The molecule has 0 saturated heterocycles. The maximum absolute atomic E-state index is 13.5. The molecule has 2 heterocycles. The van der Waals surface area contributed by atoms with Crippen LogP contribution in [0.5, 0.6) is 0 Å². The van der Waals surface area contributed by atoms with E-state index >= 15 is 0 Å². The lowest BCUT2D eigenvalue weighted by molar-refractivity contribution is 0.509. The van der Waals surface area contributed by atoms with Gasteiger partial charge in [-0.05, 0) is 31.2 Å². The third kappa shape index (κ3) is 2.28. The number of fused-ring (bicyclic) bond motifs is 1. The molecule has 114 valence electrons. The Morgan fingerprint density at radius 3 is 2.61 bits per heavy atom. The quantitative estimate of drug-likeness (QED) is 0.583. The number of aromatic amines is 2. The number of hydrogen-bond acceptors (Lipinski definition) is 2. The number of nitrogens with one attached hydrogen (secondary N) is 2. The molecule has 0 aliphatic heterocycles. The van der Waals surface area contributed by atoms with E-state index in [2.05, 4.69) is 20.2 Å². The summed E-state index contributed by atoms with van der Waals surface area (Å²) in [6, 6.07) is 9.61. The summed E-state index contributed by atoms with van der Waals surface area (Å²) >= 11 is 0. The second-order valence-electron chi connectivity index (χ2n) is 5.35. The van der Waals surface area contributed by atoms with Crippen molar-refractivity contribution >= 4 is 10.9 Å². The first kappa shape index (κ1) is 13.6. The molecular weight excluding hydrogens is 298 g/mol. The van der Waals surface area contributed by atoms with Crippen LogP contribution in [-0.2, 0) is 0 Å². The van der Waals surface area contributed by atoms with Gasteiger partial charge in [-0.25, -0.2) is 13.8 Å². The molecule has 0 spiro atoms. The number of aromatic nitrogens is 4. The van der Waals surface area contributed by atoms with E-state index in [0.29, 0.717) is 17.1 Å². The Morgan fingerprint density at radius 1 is 0.957 bits per heavy atom. The van der Waals surface area contributed by atoms with E-state index in [0.717, 1.165) is 34.3 Å². The van der Waals surface area contributed by atoms with Crippen LogP contribution in [0, 0.1) is 18.6 Å². The fraction of sp³-hybridized carbons (Fsp3) is 0.0588. The van der Waals surface area contributed by atoms with E-state index in [9.17, 15) is 8.78 Å². The molecule has 23 heavy (non-hydrogen) atoms. The van der Waals surface area contributed by atoms with Gasteiger partial charge in [0.1, 0.15) is 5.82 Å². The highest BCUT2D eigenvalue weighted by atomic mass is 19.2. The van der Waals surface area contributed by atoms with Crippen LogP contribution >= 0.6 is 0 Å². The Morgan fingerprint density at radius 2 is 1.78 bits per heavy atom. The number of rotatable bonds is 2. The molecule has 0 saturated carbocycles. The topological polar surface area (TPSA) is 57.4 Å². The maximum Gasteiger partial charge on any atom is 0.159 e. The number of nitrogens with zero attached hydrogens (tertiary/aromatic N) is 2. The molecule has 0 unspecified atom stereocenters. The Bertz CT molecular complexity index is 1020. The number of imidazole rings is 1. The highest BCUT2D eigenvalue weighted by molar-refractivity contribution is 5.86. The average molecular weight is 310 g/mol. The van der Waals surface area contributed by atoms with Crippen molar-refractivity contribution in [1.29, 1.82) is 0 Å². The molecule has 0 fully saturated rings. The van der Waals surface area contributed by atoms with Gasteiger partial charge in [-0.2, -0.15) is 5.10 Å². The van der Waals surface area contributed by atoms with Gasteiger partial charge >= 0.3 is 0 Å². The van der Waals surface area contributed by atoms with Gasteiger partial charge in [0.25, 0.3) is 0 Å². The third-order valence-corrected chi connectivity index (χ3v) is 3.75. The van der Waals surface area contributed by atoms with Gasteiger partial charge in [-0.1, -0.05) is 12.1 Å². The van der Waals surface area contributed by atoms with E-state index < -0.39 is 11.6 Å². The molecule has 4 rings (SSSR count). The van der Waals surface area contributed by atoms with Crippen LogP contribution in [0.4, 0.5) is 8.78 Å². The normalized spacial score (nSPS) is 11.3. The minimum absolute atomic E-state index is 0.521. The van der Waals surface area contributed by atoms with Crippen molar-refractivity contribution in [3.8, 4) is 22.5 Å². The van der Waals surface area contributed by atoms with Gasteiger partial charge in [-0.3, -0.25) is 5.10 Å². The smallest absolute Gasteiger partial charge is 0.159 e. The fourth-order valence-electron chi connectivity index (χ4n) is 2.65. The molecule has 2 aromatic carbocycles. The summed E-state index contributed by atoms with van der Waals surface area (Å²) in [6.45, 7) is 1.82. The molecule has 0 aliphatic carbocycles. The van der Waals surface area contributed by atoms with Gasteiger partial charge in [0.15, 0.2) is 11.6 Å². The number of halogens is 2. The lowest BCUT2D eigenvalue weighted by Gasteiger charge is -2.04. The highest BCUT2D eigenvalue weighted by Crippen LogP contribution is 2.32. The maximum atomic E-state index is 13.5. The van der Waals surface area contributed by atoms with E-state index in [1.165, 1.54) is 6.07 Å². The molecule has 0 aliphatic rings. The first-order valence-corrected chi connectivity index (χ1v) is 7.07. The van der Waals surface area contributed by atoms with Crippen molar-refractivity contribution in [2.24, 2.45) is 0 Å². The molecule has 0 amide bonds. The first-order valence-electron chi connectivity index (χ1n) is 7.07. The first-order chi connectivity index (χ1) is 11.1. The molecule has 4 nitrogen and oxygen atoms in total. The second-order valence-corrected chi connectivity index (χ2v) is 5.35. The number of aryl methyl sites for hydroxylation is 1. The van der Waals surface area contributed by atoms with Crippen molar-refractivity contribution in [3.63, 3.8) is 0 Å². The molecule has 0 atom stereocenters. The van der Waals surface area contributed by atoms with E-state index in [4.69, 9.17) is 0 Å². The minimum atomic E-state index is -0.891. The number of hydrogen-bond donors (Lipinski definition) is 2. The lowest BCUT2D eigenvalue weighted by Crippen LogP contribution is -1.88. The van der Waals surface area contributed by atoms with Gasteiger partial charge in [-0.15, -0.1) is 0 Å². The molecule has 2 N–H and O–H groups in total. The zero-order chi connectivity index (χ0) is 16.0. The Labute approximate surface area is 130 Å². The summed E-state index contributed by atoms with van der Waals surface area (Å²) in [5.41, 5.74) is 3.64. The molecule has 0 radical (unpaired) electrons. The van der Waals surface area contributed by atoms with Crippen molar-refractivity contribution in [1.82, 2.24) is 20.2 Å². The molecular formula is C17H12F2N4.